The zero-order valence-electron chi connectivity index (χ0n) is 10.9. The fourth-order valence-corrected chi connectivity index (χ4v) is 3.26. The summed E-state index contributed by atoms with van der Waals surface area (Å²) in [4.78, 5) is 15.3. The molecule has 0 radical (unpaired) electrons. The van der Waals surface area contributed by atoms with E-state index >= 15 is 0 Å². The maximum atomic E-state index is 11.7. The molecule has 0 aliphatic carbocycles. The fraction of sp³-hybridized carbons (Fsp3) is 0.643. The molecule has 18 heavy (non-hydrogen) atoms. The number of carbonyl (C=O) groups is 1. The van der Waals surface area contributed by atoms with Crippen LogP contribution in [0.1, 0.15) is 43.5 Å². The number of nitrogens with zero attached hydrogens (tertiary/aromatic N) is 1. The molecular weight excluding hydrogens is 246 g/mol. The van der Waals surface area contributed by atoms with E-state index in [1.807, 2.05) is 0 Å². The van der Waals surface area contributed by atoms with Crippen molar-refractivity contribution in [2.45, 2.75) is 38.6 Å². The third-order valence-corrected chi connectivity index (χ3v) is 4.30. The summed E-state index contributed by atoms with van der Waals surface area (Å²) in [5.41, 5.74) is 0. The van der Waals surface area contributed by atoms with Crippen LogP contribution in [-0.2, 0) is 9.53 Å². The van der Waals surface area contributed by atoms with Gasteiger partial charge in [0.05, 0.1) is 13.2 Å². The van der Waals surface area contributed by atoms with Gasteiger partial charge in [-0.3, -0.25) is 9.69 Å². The molecule has 1 atom stereocenters. The number of unbranched alkanes of at least 4 members (excludes halogenated alkanes) is 1. The van der Waals surface area contributed by atoms with E-state index in [2.05, 4.69) is 29.3 Å². The molecule has 1 aliphatic rings. The highest BCUT2D eigenvalue weighted by Crippen LogP contribution is 2.34. The Morgan fingerprint density at radius 3 is 3.22 bits per heavy atom. The first-order valence-corrected chi connectivity index (χ1v) is 7.62. The topological polar surface area (TPSA) is 29.5 Å². The van der Waals surface area contributed by atoms with Gasteiger partial charge in [-0.2, -0.15) is 0 Å². The summed E-state index contributed by atoms with van der Waals surface area (Å²) in [6.07, 6.45) is 4.35. The summed E-state index contributed by atoms with van der Waals surface area (Å²) >= 11 is 1.78. The Morgan fingerprint density at radius 1 is 1.61 bits per heavy atom. The van der Waals surface area contributed by atoms with Crippen molar-refractivity contribution in [2.75, 3.05) is 19.7 Å². The largest absolute Gasteiger partial charge is 0.465 e. The van der Waals surface area contributed by atoms with Gasteiger partial charge < -0.3 is 4.74 Å². The van der Waals surface area contributed by atoms with E-state index in [4.69, 9.17) is 4.74 Å². The average Bonchev–Trinajstić information content (AvgIpc) is 2.99. The molecule has 0 aromatic carbocycles. The molecule has 0 bridgehead atoms. The summed E-state index contributed by atoms with van der Waals surface area (Å²) in [5.74, 6) is -0.0769. The summed E-state index contributed by atoms with van der Waals surface area (Å²) in [5, 5.41) is 2.10. The lowest BCUT2D eigenvalue weighted by Crippen LogP contribution is -2.30. The van der Waals surface area contributed by atoms with E-state index in [0.29, 0.717) is 19.2 Å². The van der Waals surface area contributed by atoms with Gasteiger partial charge in [-0.05, 0) is 37.3 Å². The summed E-state index contributed by atoms with van der Waals surface area (Å²) in [6, 6.07) is 4.66. The van der Waals surface area contributed by atoms with Crippen molar-refractivity contribution in [1.29, 1.82) is 0 Å². The summed E-state index contributed by atoms with van der Waals surface area (Å²) in [7, 11) is 0. The SMILES string of the molecule is CCCCOC(=O)CN1CCCC1c1cccs1. The van der Waals surface area contributed by atoms with Crippen molar-refractivity contribution in [1.82, 2.24) is 4.90 Å². The van der Waals surface area contributed by atoms with Gasteiger partial charge in [-0.1, -0.05) is 19.4 Å². The first kappa shape index (κ1) is 13.6. The predicted octanol–water partition coefficient (Wildman–Crippen LogP) is 3.23. The lowest BCUT2D eigenvalue weighted by atomic mass is 10.2. The van der Waals surface area contributed by atoms with Crippen LogP contribution in [0.3, 0.4) is 0 Å². The molecule has 4 heteroatoms. The van der Waals surface area contributed by atoms with E-state index in [-0.39, 0.29) is 5.97 Å². The molecule has 0 amide bonds. The predicted molar refractivity (Wildman–Crippen MR) is 73.7 cm³/mol. The molecule has 3 nitrogen and oxygen atoms in total. The van der Waals surface area contributed by atoms with E-state index in [1.165, 1.54) is 11.3 Å². The van der Waals surface area contributed by atoms with Gasteiger partial charge in [0.15, 0.2) is 0 Å². The lowest BCUT2D eigenvalue weighted by molar-refractivity contribution is -0.145. The minimum Gasteiger partial charge on any atom is -0.465 e. The highest BCUT2D eigenvalue weighted by Gasteiger charge is 2.28. The summed E-state index contributed by atoms with van der Waals surface area (Å²) in [6.45, 7) is 4.10. The van der Waals surface area contributed by atoms with Crippen LogP contribution in [0.2, 0.25) is 0 Å². The maximum absolute atomic E-state index is 11.7. The van der Waals surface area contributed by atoms with Crippen LogP contribution in [-0.4, -0.2) is 30.6 Å². The molecule has 1 aliphatic heterocycles. The normalized spacial score (nSPS) is 20.2. The van der Waals surface area contributed by atoms with Crippen LogP contribution in [0.25, 0.3) is 0 Å². The number of hydrogen-bond acceptors (Lipinski definition) is 4. The first-order valence-electron chi connectivity index (χ1n) is 6.74. The van der Waals surface area contributed by atoms with E-state index in [1.54, 1.807) is 11.3 Å². The Kier molecular flexibility index (Phi) is 5.20. The van der Waals surface area contributed by atoms with E-state index in [9.17, 15) is 4.79 Å². The molecular formula is C14H21NO2S. The summed E-state index contributed by atoms with van der Waals surface area (Å²) < 4.78 is 5.23. The maximum Gasteiger partial charge on any atom is 0.320 e. The molecule has 1 unspecified atom stereocenters. The van der Waals surface area contributed by atoms with Crippen molar-refractivity contribution < 1.29 is 9.53 Å². The van der Waals surface area contributed by atoms with Crippen LogP contribution >= 0.6 is 11.3 Å². The van der Waals surface area contributed by atoms with Gasteiger partial charge in [0.25, 0.3) is 0 Å². The third kappa shape index (κ3) is 3.56. The Bertz CT molecular complexity index is 364. The Labute approximate surface area is 113 Å². The number of rotatable bonds is 6. The zero-order chi connectivity index (χ0) is 12.8. The highest BCUT2D eigenvalue weighted by molar-refractivity contribution is 7.10. The van der Waals surface area contributed by atoms with Crippen LogP contribution < -0.4 is 0 Å². The van der Waals surface area contributed by atoms with Crippen molar-refractivity contribution in [3.05, 3.63) is 22.4 Å². The number of esters is 1. The van der Waals surface area contributed by atoms with Crippen LogP contribution in [0.5, 0.6) is 0 Å². The standard InChI is InChI=1S/C14H21NO2S/c1-2-3-9-17-14(16)11-15-8-4-6-12(15)13-7-5-10-18-13/h5,7,10,12H,2-4,6,8-9,11H2,1H3. The molecule has 100 valence electrons. The molecule has 1 saturated heterocycles. The quantitative estimate of drug-likeness (QED) is 0.585. The van der Waals surface area contributed by atoms with Gasteiger partial charge in [-0.25, -0.2) is 0 Å². The molecule has 0 spiro atoms. The van der Waals surface area contributed by atoms with Crippen LogP contribution in [0, 0.1) is 0 Å². The van der Waals surface area contributed by atoms with E-state index in [0.717, 1.165) is 25.8 Å². The Hall–Kier alpha value is -0.870. The Morgan fingerprint density at radius 2 is 2.50 bits per heavy atom. The number of hydrogen-bond donors (Lipinski definition) is 0. The molecule has 2 rings (SSSR count). The first-order chi connectivity index (χ1) is 8.81. The van der Waals surface area contributed by atoms with Gasteiger partial charge in [0.1, 0.15) is 0 Å². The molecule has 0 N–H and O–H groups in total. The van der Waals surface area contributed by atoms with E-state index < -0.39 is 0 Å². The number of carbonyl (C=O) groups excluding carboxylic acids is 1. The zero-order valence-corrected chi connectivity index (χ0v) is 11.7. The molecule has 0 saturated carbocycles. The number of likely N-dealkylation sites (tertiary alicyclic amines) is 1. The minimum absolute atomic E-state index is 0.0769. The van der Waals surface area contributed by atoms with Gasteiger partial charge in [0.2, 0.25) is 0 Å². The van der Waals surface area contributed by atoms with Crippen molar-refractivity contribution >= 4 is 17.3 Å². The smallest absolute Gasteiger partial charge is 0.320 e. The van der Waals surface area contributed by atoms with Gasteiger partial charge in [-0.15, -0.1) is 11.3 Å². The minimum atomic E-state index is -0.0769. The second-order valence-corrected chi connectivity index (χ2v) is 5.70. The molecule has 2 heterocycles. The lowest BCUT2D eigenvalue weighted by Gasteiger charge is -2.22. The number of thiophene rings is 1. The second kappa shape index (κ2) is 6.90. The molecule has 1 aromatic heterocycles. The van der Waals surface area contributed by atoms with Gasteiger partial charge in [0, 0.05) is 10.9 Å². The highest BCUT2D eigenvalue weighted by atomic mass is 32.1. The van der Waals surface area contributed by atoms with Crippen molar-refractivity contribution in [2.24, 2.45) is 0 Å². The van der Waals surface area contributed by atoms with Crippen LogP contribution in [0.4, 0.5) is 0 Å². The van der Waals surface area contributed by atoms with Crippen molar-refractivity contribution in [3.63, 3.8) is 0 Å². The Balaban J connectivity index is 1.83. The second-order valence-electron chi connectivity index (χ2n) is 4.72. The fourth-order valence-electron chi connectivity index (χ4n) is 2.36. The van der Waals surface area contributed by atoms with Crippen LogP contribution in [0.15, 0.2) is 17.5 Å². The monoisotopic (exact) mass is 267 g/mol. The van der Waals surface area contributed by atoms with Gasteiger partial charge >= 0.3 is 5.97 Å². The third-order valence-electron chi connectivity index (χ3n) is 3.33. The number of ether oxygens (including phenoxy) is 1. The average molecular weight is 267 g/mol. The molecule has 1 aromatic rings. The molecule has 1 fully saturated rings. The van der Waals surface area contributed by atoms with Crippen molar-refractivity contribution in [3.8, 4) is 0 Å².